The molecule has 108 valence electrons. The molecule has 0 saturated carbocycles. The molecule has 1 fully saturated rings. The molecule has 2 N–H and O–H groups in total. The number of hydrogen-bond acceptors (Lipinski definition) is 5. The van der Waals surface area contributed by atoms with Crippen molar-refractivity contribution in [3.63, 3.8) is 0 Å². The summed E-state index contributed by atoms with van der Waals surface area (Å²) in [5.74, 6) is 1.23. The molecule has 4 rings (SSSR count). The molecule has 0 aromatic carbocycles. The van der Waals surface area contributed by atoms with E-state index in [1.165, 1.54) is 42.1 Å². The van der Waals surface area contributed by atoms with Crippen LogP contribution in [-0.2, 0) is 12.8 Å². The summed E-state index contributed by atoms with van der Waals surface area (Å²) in [7, 11) is 0. The van der Waals surface area contributed by atoms with Crippen molar-refractivity contribution in [1.82, 2.24) is 15.8 Å². The van der Waals surface area contributed by atoms with Gasteiger partial charge in [-0.1, -0.05) is 13.8 Å². The van der Waals surface area contributed by atoms with Crippen LogP contribution in [0.4, 0.5) is 5.00 Å². The number of nitrogens with one attached hydrogen (secondary N) is 2. The summed E-state index contributed by atoms with van der Waals surface area (Å²) in [5.41, 5.74) is 10.0. The maximum atomic E-state index is 4.99. The Labute approximate surface area is 124 Å². The molecule has 1 aromatic rings. The summed E-state index contributed by atoms with van der Waals surface area (Å²) >= 11 is 1.93. The van der Waals surface area contributed by atoms with Gasteiger partial charge in [0.25, 0.3) is 0 Å². The average Bonchev–Trinajstić information content (AvgIpc) is 3.06. The van der Waals surface area contributed by atoms with Gasteiger partial charge in [0.05, 0.1) is 6.17 Å². The van der Waals surface area contributed by atoms with E-state index >= 15 is 0 Å². The summed E-state index contributed by atoms with van der Waals surface area (Å²) in [4.78, 5) is 9.04. The van der Waals surface area contributed by atoms with E-state index in [9.17, 15) is 0 Å². The van der Waals surface area contributed by atoms with Crippen molar-refractivity contribution in [3.8, 4) is 0 Å². The first kappa shape index (κ1) is 12.8. The van der Waals surface area contributed by atoms with Gasteiger partial charge < -0.3 is 4.90 Å². The Morgan fingerprint density at radius 2 is 2.10 bits per heavy atom. The predicted octanol–water partition coefficient (Wildman–Crippen LogP) is 3.23. The van der Waals surface area contributed by atoms with Crippen LogP contribution in [0.25, 0.3) is 0 Å². The van der Waals surface area contributed by atoms with Gasteiger partial charge in [-0.15, -0.1) is 11.3 Å². The Balaban J connectivity index is 1.84. The van der Waals surface area contributed by atoms with E-state index in [1.54, 1.807) is 10.4 Å². The number of aryl methyl sites for hydroxylation is 1. The van der Waals surface area contributed by atoms with E-state index in [0.29, 0.717) is 12.3 Å². The normalized spacial score (nSPS) is 27.9. The van der Waals surface area contributed by atoms with Gasteiger partial charge >= 0.3 is 0 Å². The zero-order valence-corrected chi connectivity index (χ0v) is 13.0. The first-order valence-electron chi connectivity index (χ1n) is 7.84. The van der Waals surface area contributed by atoms with Crippen molar-refractivity contribution in [2.24, 2.45) is 4.99 Å². The van der Waals surface area contributed by atoms with Crippen molar-refractivity contribution < 1.29 is 0 Å². The van der Waals surface area contributed by atoms with E-state index in [2.05, 4.69) is 29.6 Å². The lowest BCUT2D eigenvalue weighted by atomic mass is 9.93. The van der Waals surface area contributed by atoms with Crippen LogP contribution in [0.1, 0.15) is 61.7 Å². The number of amidine groups is 1. The largest absolute Gasteiger partial charge is 0.322 e. The molecule has 1 aliphatic carbocycles. The summed E-state index contributed by atoms with van der Waals surface area (Å²) in [6.45, 7) is 4.44. The van der Waals surface area contributed by atoms with Crippen LogP contribution in [0.2, 0.25) is 0 Å². The minimum absolute atomic E-state index is 0.292. The van der Waals surface area contributed by atoms with Crippen LogP contribution in [-0.4, -0.2) is 16.9 Å². The van der Waals surface area contributed by atoms with Crippen molar-refractivity contribution in [3.05, 3.63) is 16.0 Å². The molecule has 1 aromatic heterocycles. The number of fused-ring (bicyclic) bond motifs is 5. The van der Waals surface area contributed by atoms with E-state index < -0.39 is 0 Å². The van der Waals surface area contributed by atoms with Gasteiger partial charge in [0.15, 0.2) is 0 Å². The molecule has 0 amide bonds. The van der Waals surface area contributed by atoms with Crippen molar-refractivity contribution >= 4 is 22.2 Å². The fraction of sp³-hybridized carbons (Fsp3) is 0.667. The number of hydrogen-bond donors (Lipinski definition) is 2. The lowest BCUT2D eigenvalue weighted by Gasteiger charge is -2.34. The van der Waals surface area contributed by atoms with Gasteiger partial charge in [0.1, 0.15) is 17.0 Å². The highest BCUT2D eigenvalue weighted by molar-refractivity contribution is 7.16. The molecule has 4 nitrogen and oxygen atoms in total. The van der Waals surface area contributed by atoms with Gasteiger partial charge in [-0.3, -0.25) is 0 Å². The monoisotopic (exact) mass is 290 g/mol. The van der Waals surface area contributed by atoms with E-state index in [4.69, 9.17) is 4.99 Å². The zero-order chi connectivity index (χ0) is 13.7. The van der Waals surface area contributed by atoms with Crippen LogP contribution in [0, 0.1) is 0 Å². The molecule has 5 heteroatoms. The van der Waals surface area contributed by atoms with Crippen LogP contribution in [0.5, 0.6) is 0 Å². The molecule has 3 aliphatic rings. The van der Waals surface area contributed by atoms with Crippen LogP contribution in [0.15, 0.2) is 4.99 Å². The van der Waals surface area contributed by atoms with Crippen LogP contribution >= 0.6 is 11.3 Å². The molecule has 0 bridgehead atoms. The lowest BCUT2D eigenvalue weighted by Crippen LogP contribution is -2.41. The number of aliphatic imine (C=N–C) groups is 1. The summed E-state index contributed by atoms with van der Waals surface area (Å²) in [6.07, 6.45) is 7.91. The topological polar surface area (TPSA) is 39.7 Å². The second-order valence-corrected chi connectivity index (χ2v) is 6.92. The Kier molecular flexibility index (Phi) is 3.09. The van der Waals surface area contributed by atoms with Gasteiger partial charge in [-0.2, -0.15) is 0 Å². The van der Waals surface area contributed by atoms with Gasteiger partial charge in [0.2, 0.25) is 0 Å². The standard InChI is InChI=1S/C15H22N4S/c1-3-11-16-15-13(9-7-5-6-8-10(9)20-15)14-18-17-12(4-2)19(11)14/h12,14,17-18H,3-8H2,1-2H3/t12-,14-/m1/s1. The van der Waals surface area contributed by atoms with Gasteiger partial charge in [-0.05, 0) is 37.7 Å². The third-order valence-corrected chi connectivity index (χ3v) is 5.90. The molecule has 1 saturated heterocycles. The molecular weight excluding hydrogens is 268 g/mol. The Hall–Kier alpha value is -0.910. The summed E-state index contributed by atoms with van der Waals surface area (Å²) < 4.78 is 0. The van der Waals surface area contributed by atoms with E-state index in [0.717, 1.165) is 12.8 Å². The van der Waals surface area contributed by atoms with Gasteiger partial charge in [0, 0.05) is 16.9 Å². The first-order valence-corrected chi connectivity index (χ1v) is 8.66. The lowest BCUT2D eigenvalue weighted by molar-refractivity contribution is 0.288. The Morgan fingerprint density at radius 3 is 2.90 bits per heavy atom. The maximum absolute atomic E-state index is 4.99. The maximum Gasteiger partial charge on any atom is 0.125 e. The summed E-state index contributed by atoms with van der Waals surface area (Å²) in [6, 6.07) is 0. The molecule has 2 atom stereocenters. The quantitative estimate of drug-likeness (QED) is 0.878. The first-order chi connectivity index (χ1) is 9.83. The third-order valence-electron chi connectivity index (χ3n) is 4.70. The Morgan fingerprint density at radius 1 is 1.25 bits per heavy atom. The summed E-state index contributed by atoms with van der Waals surface area (Å²) in [5, 5.41) is 1.26. The second kappa shape index (κ2) is 4.83. The third kappa shape index (κ3) is 1.70. The highest BCUT2D eigenvalue weighted by atomic mass is 32.1. The highest BCUT2D eigenvalue weighted by Crippen LogP contribution is 2.47. The van der Waals surface area contributed by atoms with Crippen molar-refractivity contribution in [2.75, 3.05) is 0 Å². The highest BCUT2D eigenvalue weighted by Gasteiger charge is 2.41. The predicted molar refractivity (Wildman–Crippen MR) is 83.3 cm³/mol. The minimum Gasteiger partial charge on any atom is -0.322 e. The molecule has 0 unspecified atom stereocenters. The fourth-order valence-electron chi connectivity index (χ4n) is 3.71. The number of nitrogens with zero attached hydrogens (tertiary/aromatic N) is 2. The van der Waals surface area contributed by atoms with Crippen molar-refractivity contribution in [1.29, 1.82) is 0 Å². The van der Waals surface area contributed by atoms with E-state index in [1.807, 2.05) is 11.3 Å². The molecule has 20 heavy (non-hydrogen) atoms. The van der Waals surface area contributed by atoms with Crippen LogP contribution in [0.3, 0.4) is 0 Å². The smallest absolute Gasteiger partial charge is 0.125 e. The van der Waals surface area contributed by atoms with E-state index in [-0.39, 0.29) is 0 Å². The average molecular weight is 290 g/mol. The molecule has 0 radical (unpaired) electrons. The number of rotatable bonds is 2. The number of thiophene rings is 1. The molecule has 0 spiro atoms. The zero-order valence-electron chi connectivity index (χ0n) is 12.2. The number of hydrazine groups is 1. The molecular formula is C15H22N4S. The Bertz CT molecular complexity index is 562. The van der Waals surface area contributed by atoms with Crippen molar-refractivity contribution in [2.45, 2.75) is 64.7 Å². The molecule has 3 heterocycles. The fourth-order valence-corrected chi connectivity index (χ4v) is 5.02. The van der Waals surface area contributed by atoms with Gasteiger partial charge in [-0.25, -0.2) is 15.8 Å². The SMILES string of the molecule is CCC1=Nc2sc3c(c2[C@@H]2NN[C@@H](CC)N12)CCCC3. The molecule has 2 aliphatic heterocycles. The minimum atomic E-state index is 0.292. The second-order valence-electron chi connectivity index (χ2n) is 5.83. The van der Waals surface area contributed by atoms with Crippen LogP contribution < -0.4 is 10.9 Å².